The molecule has 0 amide bonds. The van der Waals surface area contributed by atoms with E-state index in [1.54, 1.807) is 0 Å². The van der Waals surface area contributed by atoms with E-state index in [0.29, 0.717) is 0 Å². The average Bonchev–Trinajstić information content (AvgIpc) is 0. The van der Waals surface area contributed by atoms with E-state index in [2.05, 4.69) is 0 Å². The molecule has 0 aromatic rings. The van der Waals surface area contributed by atoms with Gasteiger partial charge in [0.15, 0.2) is 0 Å². The van der Waals surface area contributed by atoms with Gasteiger partial charge in [-0.25, -0.2) is 0 Å². The maximum atomic E-state index is 0. The predicted octanol–water partition coefficient (Wildman–Crippen LogP) is -0.388. The van der Waals surface area contributed by atoms with Gasteiger partial charge in [0.25, 0.3) is 0 Å². The van der Waals surface area contributed by atoms with E-state index in [9.17, 15) is 0 Å². The fourth-order valence-corrected chi connectivity index (χ4v) is 0. The van der Waals surface area contributed by atoms with Crippen LogP contribution in [0.4, 0.5) is 0 Å². The van der Waals surface area contributed by atoms with Gasteiger partial charge >= 0.3 is 0 Å². The number of hydrogen-bond acceptors (Lipinski definition) is 0. The Bertz CT molecular complexity index is 8.00. The maximum absolute atomic E-state index is 0. The van der Waals surface area contributed by atoms with Crippen LogP contribution in [0, 0.1) is 0 Å². The zero-order valence-electron chi connectivity index (χ0n) is 1.64. The van der Waals surface area contributed by atoms with Crippen LogP contribution >= 0.6 is 0 Å². The van der Waals surface area contributed by atoms with Crippen molar-refractivity contribution >= 4 is 17.4 Å². The Kier molecular flexibility index (Phi) is 151. The third-order valence-corrected chi connectivity index (χ3v) is 0. The molecule has 5 radical (unpaired) electrons. The monoisotopic (exact) mass is 243 g/mol. The molecular weight excluding hydrogens is 244 g/mol. The molecule has 0 aromatic heterocycles. The van der Waals surface area contributed by atoms with Crippen LogP contribution in [0.3, 0.4) is 0 Å². The van der Waals surface area contributed by atoms with Crippen molar-refractivity contribution in [3.63, 3.8) is 0 Å². The van der Waals surface area contributed by atoms with Crippen LogP contribution in [-0.2, 0) is 57.4 Å². The molecule has 0 aliphatic carbocycles. The molecule has 0 unspecified atom stereocenters. The molecule has 4 heteroatoms. The molecule has 0 atom stereocenters. The summed E-state index contributed by atoms with van der Waals surface area (Å²) in [7, 11) is 0. The quantitative estimate of drug-likeness (QED) is 0.509. The van der Waals surface area contributed by atoms with Gasteiger partial charge in [-0.3, -0.25) is 0 Å². The Morgan fingerprint density at radius 3 is 1.00 bits per heavy atom. The summed E-state index contributed by atoms with van der Waals surface area (Å²) in [4.78, 5) is 0. The van der Waals surface area contributed by atoms with Crippen molar-refractivity contribution in [1.82, 2.24) is 0 Å². The summed E-state index contributed by atoms with van der Waals surface area (Å²) in [6, 6.07) is 0. The first-order chi connectivity index (χ1) is 0. The van der Waals surface area contributed by atoms with Gasteiger partial charge in [-0.05, 0) is 0 Å². The van der Waals surface area contributed by atoms with Crippen LogP contribution in [0.25, 0.3) is 0 Å². The summed E-state index contributed by atoms with van der Waals surface area (Å²) < 4.78 is 0. The molecule has 29 valence electrons. The van der Waals surface area contributed by atoms with Crippen molar-refractivity contribution < 1.29 is 57.4 Å². The van der Waals surface area contributed by atoms with Gasteiger partial charge in [0.2, 0.25) is 0 Å². The molecule has 0 fully saturated rings. The molecular formula is AgAlNiV. The first-order valence-corrected chi connectivity index (χ1v) is 0. The second-order valence-electron chi connectivity index (χ2n) is 0. The molecule has 0 bridgehead atoms. The third kappa shape index (κ3) is 8.84. The zero-order valence-corrected chi connectivity index (χ0v) is 6.66. The Morgan fingerprint density at radius 1 is 1.00 bits per heavy atom. The fourth-order valence-electron chi connectivity index (χ4n) is 0. The Morgan fingerprint density at radius 2 is 1.00 bits per heavy atom. The summed E-state index contributed by atoms with van der Waals surface area (Å²) in [5.74, 6) is 0. The fraction of sp³-hybridized carbons (Fsp3) is 0. The Balaban J connectivity index is 0. The van der Waals surface area contributed by atoms with Crippen molar-refractivity contribution in [3.8, 4) is 0 Å². The van der Waals surface area contributed by atoms with E-state index in [0.717, 1.165) is 0 Å². The molecule has 0 N–H and O–H groups in total. The van der Waals surface area contributed by atoms with Crippen LogP contribution in [0.15, 0.2) is 0 Å². The van der Waals surface area contributed by atoms with Crippen LogP contribution in [0.1, 0.15) is 0 Å². The molecule has 0 heterocycles. The minimum atomic E-state index is 0. The second kappa shape index (κ2) is 18.3. The zero-order chi connectivity index (χ0) is 0. The van der Waals surface area contributed by atoms with Gasteiger partial charge in [0, 0.05) is 74.8 Å². The van der Waals surface area contributed by atoms with E-state index < -0.39 is 0 Å². The summed E-state index contributed by atoms with van der Waals surface area (Å²) in [5.41, 5.74) is 0. The van der Waals surface area contributed by atoms with Gasteiger partial charge in [0.05, 0.1) is 0 Å². The van der Waals surface area contributed by atoms with E-state index in [4.69, 9.17) is 0 Å². The summed E-state index contributed by atoms with van der Waals surface area (Å²) in [6.07, 6.45) is 0. The summed E-state index contributed by atoms with van der Waals surface area (Å²) >= 11 is 0. The van der Waals surface area contributed by atoms with Crippen LogP contribution in [0.2, 0.25) is 0 Å². The SMILES string of the molecule is [Ag].[Al].[Ni].[V]. The molecule has 4 heavy (non-hydrogen) atoms. The first kappa shape index (κ1) is 32.9. The number of hydrogen-bond donors (Lipinski definition) is 0. The average molecular weight is 244 g/mol. The van der Waals surface area contributed by atoms with Gasteiger partial charge in [-0.15, -0.1) is 0 Å². The smallest absolute Gasteiger partial charge is 0 e. The molecule has 0 aliphatic heterocycles. The summed E-state index contributed by atoms with van der Waals surface area (Å²) in [6.45, 7) is 0. The molecule has 0 aliphatic rings. The topological polar surface area (TPSA) is 0 Å². The van der Waals surface area contributed by atoms with Crippen molar-refractivity contribution in [3.05, 3.63) is 0 Å². The van der Waals surface area contributed by atoms with E-state index in [-0.39, 0.29) is 74.8 Å². The molecule has 0 nitrogen and oxygen atoms in total. The second-order valence-corrected chi connectivity index (χ2v) is 0. The van der Waals surface area contributed by atoms with Crippen LogP contribution in [0.5, 0.6) is 0 Å². The molecule has 0 saturated carbocycles. The van der Waals surface area contributed by atoms with Gasteiger partial charge in [-0.1, -0.05) is 0 Å². The van der Waals surface area contributed by atoms with E-state index in [1.807, 2.05) is 0 Å². The van der Waals surface area contributed by atoms with Crippen molar-refractivity contribution in [2.45, 2.75) is 0 Å². The van der Waals surface area contributed by atoms with Gasteiger partial charge < -0.3 is 0 Å². The van der Waals surface area contributed by atoms with Crippen LogP contribution < -0.4 is 0 Å². The summed E-state index contributed by atoms with van der Waals surface area (Å²) in [5, 5.41) is 0. The van der Waals surface area contributed by atoms with Gasteiger partial charge in [-0.2, -0.15) is 0 Å². The van der Waals surface area contributed by atoms with Crippen molar-refractivity contribution in [2.75, 3.05) is 0 Å². The van der Waals surface area contributed by atoms with Crippen LogP contribution in [-0.4, -0.2) is 17.4 Å². The largest absolute Gasteiger partial charge is 0 e. The molecule has 0 rings (SSSR count). The molecule has 0 saturated heterocycles. The van der Waals surface area contributed by atoms with Crippen molar-refractivity contribution in [1.29, 1.82) is 0 Å². The minimum Gasteiger partial charge on any atom is 0 e. The number of rotatable bonds is 0. The first-order valence-electron chi connectivity index (χ1n) is 0. The standard InChI is InChI=1S/Ag.Al.Ni.V. The molecule has 0 aromatic carbocycles. The maximum Gasteiger partial charge on any atom is 0 e. The Labute approximate surface area is 73.9 Å². The third-order valence-electron chi connectivity index (χ3n) is 0. The Hall–Kier alpha value is 2.35. The minimum absolute atomic E-state index is 0. The van der Waals surface area contributed by atoms with Gasteiger partial charge in [0.1, 0.15) is 0 Å². The van der Waals surface area contributed by atoms with E-state index >= 15 is 0 Å². The van der Waals surface area contributed by atoms with Crippen molar-refractivity contribution in [2.24, 2.45) is 0 Å². The molecule has 0 spiro atoms. The van der Waals surface area contributed by atoms with E-state index in [1.165, 1.54) is 0 Å². The normalized spacial score (nSPS) is 0. The predicted molar refractivity (Wildman–Crippen MR) is 5.75 cm³/mol.